The van der Waals surface area contributed by atoms with Gasteiger partial charge in [-0.15, -0.1) is 0 Å². The van der Waals surface area contributed by atoms with Crippen LogP contribution in [0.2, 0.25) is 0 Å². The Labute approximate surface area is 103 Å². The topological polar surface area (TPSA) is 57.8 Å². The first-order valence-corrected chi connectivity index (χ1v) is 6.01. The van der Waals surface area contributed by atoms with Crippen LogP contribution < -0.4 is 5.32 Å². The molecular formula is C14H11N3O. The smallest absolute Gasteiger partial charge is 0.253 e. The van der Waals surface area contributed by atoms with Gasteiger partial charge in [-0.3, -0.25) is 9.78 Å². The lowest BCUT2D eigenvalue weighted by atomic mass is 10.0. The molecule has 4 nitrogen and oxygen atoms in total. The third-order valence-corrected chi connectivity index (χ3v) is 3.51. The third-order valence-electron chi connectivity index (χ3n) is 3.51. The number of fused-ring (bicyclic) bond motifs is 5. The fraction of sp³-hybridized carbons (Fsp3) is 0.143. The Morgan fingerprint density at radius 1 is 1.22 bits per heavy atom. The normalized spacial score (nSPS) is 14.8. The second-order valence-corrected chi connectivity index (χ2v) is 4.55. The van der Waals surface area contributed by atoms with Crippen molar-refractivity contribution < 1.29 is 4.79 Å². The Hall–Kier alpha value is -2.36. The van der Waals surface area contributed by atoms with Crippen molar-refractivity contribution in [2.75, 3.05) is 6.54 Å². The van der Waals surface area contributed by atoms with Crippen LogP contribution in [0.25, 0.3) is 21.8 Å². The number of H-pyrrole nitrogens is 1. The molecule has 18 heavy (non-hydrogen) atoms. The van der Waals surface area contributed by atoms with Crippen LogP contribution in [0, 0.1) is 0 Å². The zero-order chi connectivity index (χ0) is 12.1. The van der Waals surface area contributed by atoms with Crippen LogP contribution in [0.4, 0.5) is 0 Å². The molecule has 0 fully saturated rings. The quantitative estimate of drug-likeness (QED) is 0.628. The lowest BCUT2D eigenvalue weighted by Gasteiger charge is -2.11. The van der Waals surface area contributed by atoms with E-state index >= 15 is 0 Å². The molecule has 4 heteroatoms. The van der Waals surface area contributed by atoms with Crippen LogP contribution in [0.15, 0.2) is 30.5 Å². The lowest BCUT2D eigenvalue weighted by Crippen LogP contribution is -2.31. The summed E-state index contributed by atoms with van der Waals surface area (Å²) in [6.45, 7) is 0.698. The molecule has 2 aromatic heterocycles. The fourth-order valence-corrected chi connectivity index (χ4v) is 2.69. The number of nitrogens with zero attached hydrogens (tertiary/aromatic N) is 1. The second kappa shape index (κ2) is 3.32. The van der Waals surface area contributed by atoms with Crippen molar-refractivity contribution in [3.8, 4) is 0 Å². The Morgan fingerprint density at radius 3 is 3.11 bits per heavy atom. The number of carbonyl (C=O) groups excluding carboxylic acids is 1. The summed E-state index contributed by atoms with van der Waals surface area (Å²) in [5.41, 5.74) is 3.70. The summed E-state index contributed by atoms with van der Waals surface area (Å²) in [5.74, 6) is 0.0118. The van der Waals surface area contributed by atoms with Gasteiger partial charge in [-0.25, -0.2) is 0 Å². The van der Waals surface area contributed by atoms with Crippen molar-refractivity contribution in [2.24, 2.45) is 0 Å². The number of benzene rings is 1. The Balaban J connectivity index is 2.19. The second-order valence-electron chi connectivity index (χ2n) is 4.55. The van der Waals surface area contributed by atoms with Gasteiger partial charge in [-0.05, 0) is 6.07 Å². The van der Waals surface area contributed by atoms with E-state index in [1.165, 1.54) is 0 Å². The van der Waals surface area contributed by atoms with E-state index in [2.05, 4.69) is 15.3 Å². The van der Waals surface area contributed by atoms with Gasteiger partial charge >= 0.3 is 0 Å². The first kappa shape index (κ1) is 9.65. The molecule has 2 N–H and O–H groups in total. The molecule has 0 unspecified atom stereocenters. The molecule has 0 atom stereocenters. The summed E-state index contributed by atoms with van der Waals surface area (Å²) < 4.78 is 0. The van der Waals surface area contributed by atoms with Crippen molar-refractivity contribution in [3.05, 3.63) is 41.7 Å². The Kier molecular flexibility index (Phi) is 1.78. The average Bonchev–Trinajstić information content (AvgIpc) is 2.79. The van der Waals surface area contributed by atoms with E-state index in [0.29, 0.717) is 6.54 Å². The predicted molar refractivity (Wildman–Crippen MR) is 69.6 cm³/mol. The number of aromatic amines is 1. The highest BCUT2D eigenvalue weighted by atomic mass is 16.1. The van der Waals surface area contributed by atoms with Gasteiger partial charge in [0, 0.05) is 35.6 Å². The third kappa shape index (κ3) is 1.14. The molecule has 3 aromatic rings. The van der Waals surface area contributed by atoms with Gasteiger partial charge in [-0.1, -0.05) is 18.2 Å². The number of amides is 1. The van der Waals surface area contributed by atoms with E-state index in [0.717, 1.165) is 39.5 Å². The number of carbonyl (C=O) groups is 1. The first-order chi connectivity index (χ1) is 8.84. The van der Waals surface area contributed by atoms with Crippen LogP contribution in [-0.2, 0) is 6.42 Å². The van der Waals surface area contributed by atoms with Gasteiger partial charge < -0.3 is 10.3 Å². The summed E-state index contributed by atoms with van der Waals surface area (Å²) in [6, 6.07) is 7.96. The molecular weight excluding hydrogens is 226 g/mol. The van der Waals surface area contributed by atoms with Crippen molar-refractivity contribution in [1.29, 1.82) is 0 Å². The Morgan fingerprint density at radius 2 is 2.17 bits per heavy atom. The molecule has 1 aromatic carbocycles. The number of aromatic nitrogens is 2. The molecule has 0 radical (unpaired) electrons. The minimum atomic E-state index is 0.0118. The highest BCUT2D eigenvalue weighted by Crippen LogP contribution is 2.29. The van der Waals surface area contributed by atoms with Crippen molar-refractivity contribution in [3.63, 3.8) is 0 Å². The molecule has 1 amide bonds. The van der Waals surface area contributed by atoms with Gasteiger partial charge in [0.05, 0.1) is 16.6 Å². The molecule has 1 aliphatic rings. The zero-order valence-corrected chi connectivity index (χ0v) is 9.66. The summed E-state index contributed by atoms with van der Waals surface area (Å²) >= 11 is 0. The summed E-state index contributed by atoms with van der Waals surface area (Å²) in [4.78, 5) is 19.7. The number of nitrogens with one attached hydrogen (secondary N) is 2. The predicted octanol–water partition coefficient (Wildman–Crippen LogP) is 2.00. The van der Waals surface area contributed by atoms with Crippen LogP contribution in [0.1, 0.15) is 16.1 Å². The maximum atomic E-state index is 11.9. The van der Waals surface area contributed by atoms with Crippen molar-refractivity contribution in [1.82, 2.24) is 15.3 Å². The van der Waals surface area contributed by atoms with Gasteiger partial charge in [0.15, 0.2) is 0 Å². The van der Waals surface area contributed by atoms with Gasteiger partial charge in [-0.2, -0.15) is 0 Å². The molecule has 88 valence electrons. The molecule has 1 aliphatic heterocycles. The summed E-state index contributed by atoms with van der Waals surface area (Å²) in [7, 11) is 0. The molecule has 0 saturated carbocycles. The minimum absolute atomic E-state index is 0.0118. The van der Waals surface area contributed by atoms with Crippen LogP contribution in [0.5, 0.6) is 0 Å². The molecule has 4 rings (SSSR count). The van der Waals surface area contributed by atoms with Crippen LogP contribution >= 0.6 is 0 Å². The fourth-order valence-electron chi connectivity index (χ4n) is 2.69. The van der Waals surface area contributed by atoms with Crippen molar-refractivity contribution in [2.45, 2.75) is 6.42 Å². The van der Waals surface area contributed by atoms with E-state index in [9.17, 15) is 4.79 Å². The maximum Gasteiger partial charge on any atom is 0.253 e. The van der Waals surface area contributed by atoms with E-state index < -0.39 is 0 Å². The summed E-state index contributed by atoms with van der Waals surface area (Å²) in [5, 5.41) is 4.94. The molecule has 0 saturated heterocycles. The monoisotopic (exact) mass is 237 g/mol. The minimum Gasteiger partial charge on any atom is -0.356 e. The van der Waals surface area contributed by atoms with Crippen molar-refractivity contribution >= 4 is 27.7 Å². The summed E-state index contributed by atoms with van der Waals surface area (Å²) in [6.07, 6.45) is 2.63. The van der Waals surface area contributed by atoms with Gasteiger partial charge in [0.1, 0.15) is 0 Å². The molecule has 3 heterocycles. The van der Waals surface area contributed by atoms with Gasteiger partial charge in [0.25, 0.3) is 5.91 Å². The average molecular weight is 237 g/mol. The van der Waals surface area contributed by atoms with Gasteiger partial charge in [0.2, 0.25) is 0 Å². The molecule has 0 bridgehead atoms. The highest BCUT2D eigenvalue weighted by Gasteiger charge is 2.22. The molecule has 0 spiro atoms. The number of pyridine rings is 1. The number of hydrogen-bond donors (Lipinski definition) is 2. The zero-order valence-electron chi connectivity index (χ0n) is 9.66. The number of rotatable bonds is 0. The van der Waals surface area contributed by atoms with E-state index in [1.807, 2.05) is 24.3 Å². The Bertz CT molecular complexity index is 788. The standard InChI is InChI=1S/C14H11N3O/c18-14-11-9-4-3-8-2-1-6-15-12(8)13(9)17-10(11)5-7-16-14/h1-4,6,17H,5,7H2,(H,16,18). The SMILES string of the molecule is O=C1NCCc2[nH]c3c(ccc4cccnc43)c21. The van der Waals surface area contributed by atoms with E-state index in [4.69, 9.17) is 0 Å². The maximum absolute atomic E-state index is 11.9. The highest BCUT2D eigenvalue weighted by molar-refractivity contribution is 6.14. The lowest BCUT2D eigenvalue weighted by molar-refractivity contribution is 0.0947. The largest absolute Gasteiger partial charge is 0.356 e. The number of hydrogen-bond acceptors (Lipinski definition) is 2. The van der Waals surface area contributed by atoms with Crippen LogP contribution in [-0.4, -0.2) is 22.4 Å². The first-order valence-electron chi connectivity index (χ1n) is 6.01. The van der Waals surface area contributed by atoms with Crippen LogP contribution in [0.3, 0.4) is 0 Å². The van der Waals surface area contributed by atoms with E-state index in [1.54, 1.807) is 6.20 Å². The van der Waals surface area contributed by atoms with E-state index in [-0.39, 0.29) is 5.91 Å². The molecule has 0 aliphatic carbocycles.